The Morgan fingerprint density at radius 2 is 1.72 bits per heavy atom. The maximum atomic E-state index is 13.0. The number of aryl methyl sites for hydroxylation is 1. The van der Waals surface area contributed by atoms with Crippen LogP contribution in [-0.2, 0) is 6.18 Å². The summed E-state index contributed by atoms with van der Waals surface area (Å²) in [6.45, 7) is 1.74. The van der Waals surface area contributed by atoms with Gasteiger partial charge in [-0.25, -0.2) is 0 Å². The number of nitrogens with one attached hydrogen (secondary N) is 1. The van der Waals surface area contributed by atoms with E-state index >= 15 is 0 Å². The molecule has 0 aliphatic rings. The van der Waals surface area contributed by atoms with Crippen LogP contribution >= 0.6 is 15.9 Å². The van der Waals surface area contributed by atoms with Gasteiger partial charge in [-0.05, 0) is 48.9 Å². The van der Waals surface area contributed by atoms with Crippen LogP contribution < -0.4 is 5.32 Å². The molecule has 1 N–H and O–H groups in total. The molecule has 0 radical (unpaired) electrons. The van der Waals surface area contributed by atoms with Gasteiger partial charge in [0.1, 0.15) is 0 Å². The number of anilines is 2. The molecule has 0 fully saturated rings. The zero-order chi connectivity index (χ0) is 18.0. The highest BCUT2D eigenvalue weighted by Crippen LogP contribution is 2.34. The van der Waals surface area contributed by atoms with Crippen LogP contribution in [0.4, 0.5) is 24.7 Å². The fourth-order valence-corrected chi connectivity index (χ4v) is 2.77. The van der Waals surface area contributed by atoms with E-state index in [-0.39, 0.29) is 0 Å². The molecule has 3 nitrogen and oxygen atoms in total. The monoisotopic (exact) mass is 407 g/mol. The topological polar surface area (TPSA) is 37.8 Å². The van der Waals surface area contributed by atoms with E-state index in [1.165, 1.54) is 6.07 Å². The molecular formula is C18H13BrF3N3. The molecule has 0 aliphatic carbocycles. The van der Waals surface area contributed by atoms with Crippen molar-refractivity contribution in [2.75, 3.05) is 5.32 Å². The van der Waals surface area contributed by atoms with Crippen molar-refractivity contribution >= 4 is 27.4 Å². The summed E-state index contributed by atoms with van der Waals surface area (Å²) in [5.74, 6) is 0.392. The van der Waals surface area contributed by atoms with Gasteiger partial charge in [-0.1, -0.05) is 34.1 Å². The van der Waals surface area contributed by atoms with Crippen LogP contribution in [0.25, 0.3) is 11.1 Å². The molecule has 25 heavy (non-hydrogen) atoms. The average Bonchev–Trinajstić information content (AvgIpc) is 2.56. The van der Waals surface area contributed by atoms with Gasteiger partial charge < -0.3 is 5.32 Å². The second-order valence-corrected chi connectivity index (χ2v) is 6.38. The minimum absolute atomic E-state index is 0.392. The van der Waals surface area contributed by atoms with Crippen LogP contribution in [0.3, 0.4) is 0 Å². The molecule has 1 heterocycles. The van der Waals surface area contributed by atoms with Crippen molar-refractivity contribution in [1.29, 1.82) is 0 Å². The van der Waals surface area contributed by atoms with Gasteiger partial charge in [0.15, 0.2) is 5.82 Å². The van der Waals surface area contributed by atoms with Crippen molar-refractivity contribution in [2.24, 2.45) is 0 Å². The van der Waals surface area contributed by atoms with Crippen LogP contribution in [0.5, 0.6) is 0 Å². The Kier molecular flexibility index (Phi) is 4.76. The SMILES string of the molecule is Cc1cc(-c2cccc(C(F)(F)F)c2)c(Nc2cccc(Br)c2)nn1. The third-order valence-corrected chi connectivity index (χ3v) is 4.00. The molecule has 0 spiro atoms. The smallest absolute Gasteiger partial charge is 0.338 e. The van der Waals surface area contributed by atoms with E-state index in [1.54, 1.807) is 19.1 Å². The van der Waals surface area contributed by atoms with Crippen molar-refractivity contribution in [3.63, 3.8) is 0 Å². The summed E-state index contributed by atoms with van der Waals surface area (Å²) < 4.78 is 39.9. The number of benzene rings is 2. The number of hydrogen-bond acceptors (Lipinski definition) is 3. The molecule has 0 saturated carbocycles. The lowest BCUT2D eigenvalue weighted by molar-refractivity contribution is -0.137. The Bertz CT molecular complexity index is 910. The van der Waals surface area contributed by atoms with E-state index in [4.69, 9.17) is 0 Å². The summed E-state index contributed by atoms with van der Waals surface area (Å²) in [5.41, 5.74) is 1.64. The highest BCUT2D eigenvalue weighted by molar-refractivity contribution is 9.10. The molecule has 2 aromatic carbocycles. The number of rotatable bonds is 3. The first-order valence-corrected chi connectivity index (χ1v) is 8.17. The Morgan fingerprint density at radius 3 is 2.44 bits per heavy atom. The summed E-state index contributed by atoms with van der Waals surface area (Å²) in [6, 6.07) is 14.3. The van der Waals surface area contributed by atoms with Crippen LogP contribution in [0.15, 0.2) is 59.1 Å². The molecule has 0 aliphatic heterocycles. The predicted molar refractivity (Wildman–Crippen MR) is 94.6 cm³/mol. The van der Waals surface area contributed by atoms with Crippen LogP contribution in [0.2, 0.25) is 0 Å². The molecule has 128 valence electrons. The number of halogens is 4. The quantitative estimate of drug-likeness (QED) is 0.580. The first-order valence-electron chi connectivity index (χ1n) is 7.37. The molecule has 0 unspecified atom stereocenters. The fraction of sp³-hybridized carbons (Fsp3) is 0.111. The van der Waals surface area contributed by atoms with E-state index in [0.717, 1.165) is 22.3 Å². The second-order valence-electron chi connectivity index (χ2n) is 5.46. The largest absolute Gasteiger partial charge is 0.416 e. The Hall–Kier alpha value is -2.41. The van der Waals surface area contributed by atoms with Gasteiger partial charge in [-0.15, -0.1) is 5.10 Å². The normalized spacial score (nSPS) is 11.4. The van der Waals surface area contributed by atoms with E-state index in [2.05, 4.69) is 31.4 Å². The number of hydrogen-bond donors (Lipinski definition) is 1. The highest BCUT2D eigenvalue weighted by Gasteiger charge is 2.30. The highest BCUT2D eigenvalue weighted by atomic mass is 79.9. The minimum atomic E-state index is -4.40. The number of aromatic nitrogens is 2. The molecule has 0 amide bonds. The van der Waals surface area contributed by atoms with Gasteiger partial charge in [0, 0.05) is 15.7 Å². The Labute approximate surface area is 151 Å². The number of alkyl halides is 3. The van der Waals surface area contributed by atoms with E-state index in [1.807, 2.05) is 24.3 Å². The van der Waals surface area contributed by atoms with Gasteiger partial charge in [0.25, 0.3) is 0 Å². The lowest BCUT2D eigenvalue weighted by atomic mass is 10.0. The summed E-state index contributed by atoms with van der Waals surface area (Å²) in [5, 5.41) is 11.2. The lowest BCUT2D eigenvalue weighted by Crippen LogP contribution is -2.05. The second kappa shape index (κ2) is 6.84. The van der Waals surface area contributed by atoms with Crippen molar-refractivity contribution in [1.82, 2.24) is 10.2 Å². The summed E-state index contributed by atoms with van der Waals surface area (Å²) in [4.78, 5) is 0. The summed E-state index contributed by atoms with van der Waals surface area (Å²) in [6.07, 6.45) is -4.40. The van der Waals surface area contributed by atoms with Crippen LogP contribution in [0, 0.1) is 6.92 Å². The van der Waals surface area contributed by atoms with Gasteiger partial charge >= 0.3 is 6.18 Å². The molecule has 0 bridgehead atoms. The average molecular weight is 408 g/mol. The Balaban J connectivity index is 2.06. The number of nitrogens with zero attached hydrogens (tertiary/aromatic N) is 2. The van der Waals surface area contributed by atoms with E-state index in [9.17, 15) is 13.2 Å². The Morgan fingerprint density at radius 1 is 0.960 bits per heavy atom. The van der Waals surface area contributed by atoms with Crippen LogP contribution in [-0.4, -0.2) is 10.2 Å². The van der Waals surface area contributed by atoms with E-state index < -0.39 is 11.7 Å². The molecule has 0 saturated heterocycles. The molecular weight excluding hydrogens is 395 g/mol. The molecule has 7 heteroatoms. The van der Waals surface area contributed by atoms with Crippen molar-refractivity contribution in [3.8, 4) is 11.1 Å². The van der Waals surface area contributed by atoms with Crippen molar-refractivity contribution < 1.29 is 13.2 Å². The fourth-order valence-electron chi connectivity index (χ4n) is 2.37. The summed E-state index contributed by atoms with van der Waals surface area (Å²) in [7, 11) is 0. The first-order chi connectivity index (χ1) is 11.8. The standard InChI is InChI=1S/C18H13BrF3N3/c1-11-8-16(12-4-2-5-13(9-12)18(20,21)22)17(25-24-11)23-15-7-3-6-14(19)10-15/h2-10H,1H3,(H,23,25). The summed E-state index contributed by atoms with van der Waals surface area (Å²) >= 11 is 3.38. The van der Waals surface area contributed by atoms with Gasteiger partial charge in [-0.2, -0.15) is 18.3 Å². The molecule has 1 aromatic heterocycles. The lowest BCUT2D eigenvalue weighted by Gasteiger charge is -2.13. The maximum Gasteiger partial charge on any atom is 0.416 e. The zero-order valence-electron chi connectivity index (χ0n) is 13.1. The van der Waals surface area contributed by atoms with Gasteiger partial charge in [-0.3, -0.25) is 0 Å². The zero-order valence-corrected chi connectivity index (χ0v) is 14.7. The predicted octanol–water partition coefficient (Wildman–Crippen LogP) is 5.98. The third-order valence-electron chi connectivity index (χ3n) is 3.50. The third kappa shape index (κ3) is 4.17. The molecule has 3 rings (SSSR count). The van der Waals surface area contributed by atoms with Gasteiger partial charge in [0.05, 0.1) is 11.3 Å². The van der Waals surface area contributed by atoms with Crippen molar-refractivity contribution in [2.45, 2.75) is 13.1 Å². The molecule has 3 aromatic rings. The van der Waals surface area contributed by atoms with Crippen molar-refractivity contribution in [3.05, 3.63) is 70.3 Å². The maximum absolute atomic E-state index is 13.0. The minimum Gasteiger partial charge on any atom is -0.338 e. The molecule has 0 atom stereocenters. The van der Waals surface area contributed by atoms with Crippen LogP contribution in [0.1, 0.15) is 11.3 Å². The first kappa shape index (κ1) is 17.4. The van der Waals surface area contributed by atoms with E-state index in [0.29, 0.717) is 22.6 Å². The van der Waals surface area contributed by atoms with Gasteiger partial charge in [0.2, 0.25) is 0 Å².